The number of imidazole rings is 1. The molecule has 2 aromatic rings. The van der Waals surface area contributed by atoms with Crippen LogP contribution in [-0.4, -0.2) is 51.2 Å². The summed E-state index contributed by atoms with van der Waals surface area (Å²) in [5, 5.41) is 3.45. The molecule has 0 bridgehead atoms. The first-order chi connectivity index (χ1) is 13.7. The Hall–Kier alpha value is -2.57. The Morgan fingerprint density at radius 1 is 1.32 bits per heavy atom. The highest BCUT2D eigenvalue weighted by molar-refractivity contribution is 5.80. The molecule has 2 unspecified atom stereocenters. The van der Waals surface area contributed by atoms with Gasteiger partial charge in [0.15, 0.2) is 5.96 Å². The molecule has 1 saturated heterocycles. The van der Waals surface area contributed by atoms with Gasteiger partial charge in [0.05, 0.1) is 12.4 Å². The highest BCUT2D eigenvalue weighted by Crippen LogP contribution is 2.27. The van der Waals surface area contributed by atoms with Gasteiger partial charge in [-0.1, -0.05) is 13.0 Å². The molecule has 1 aliphatic heterocycles. The van der Waals surface area contributed by atoms with Gasteiger partial charge in [0.2, 0.25) is 5.56 Å². The number of nitrogens with zero attached hydrogens (tertiary/aromatic N) is 5. The zero-order chi connectivity index (χ0) is 19.8. The van der Waals surface area contributed by atoms with Crippen LogP contribution in [0.15, 0.2) is 52.9 Å². The number of hydrogen-bond acceptors (Lipinski definition) is 3. The standard InChI is InChI=1S/C21H32N6O/c1-3-23-21(24-10-5-7-13-25-12-6-4-8-20(25)28)26-14-9-18(2)19(16-26)27-15-11-22-17-27/h4,6,8,11-12,15,17-19H,3,5,7,9-10,13-14,16H2,1-2H3,(H,23,24). The predicted octanol–water partition coefficient (Wildman–Crippen LogP) is 2.37. The molecule has 0 aromatic carbocycles. The van der Waals surface area contributed by atoms with E-state index >= 15 is 0 Å². The molecule has 0 saturated carbocycles. The molecule has 3 rings (SSSR count). The summed E-state index contributed by atoms with van der Waals surface area (Å²) in [4.78, 5) is 23.2. The Bertz CT molecular complexity index is 797. The molecule has 28 heavy (non-hydrogen) atoms. The van der Waals surface area contributed by atoms with Gasteiger partial charge in [-0.25, -0.2) is 4.98 Å². The number of piperidine rings is 1. The molecule has 0 amide bonds. The number of aliphatic imine (C=N–C) groups is 1. The molecule has 7 heteroatoms. The lowest BCUT2D eigenvalue weighted by atomic mass is 9.93. The Morgan fingerprint density at radius 3 is 2.96 bits per heavy atom. The highest BCUT2D eigenvalue weighted by atomic mass is 16.1. The third kappa shape index (κ3) is 5.24. The van der Waals surface area contributed by atoms with Crippen molar-refractivity contribution >= 4 is 5.96 Å². The van der Waals surface area contributed by atoms with E-state index in [-0.39, 0.29) is 5.56 Å². The molecule has 0 spiro atoms. The number of aromatic nitrogens is 3. The molecule has 0 radical (unpaired) electrons. The number of hydrogen-bond donors (Lipinski definition) is 1. The van der Waals surface area contributed by atoms with E-state index in [4.69, 9.17) is 4.99 Å². The quantitative estimate of drug-likeness (QED) is 0.452. The van der Waals surface area contributed by atoms with Crippen LogP contribution >= 0.6 is 0 Å². The van der Waals surface area contributed by atoms with Gasteiger partial charge in [-0.2, -0.15) is 0 Å². The maximum Gasteiger partial charge on any atom is 0.250 e. The van der Waals surface area contributed by atoms with E-state index in [1.165, 1.54) is 0 Å². The smallest absolute Gasteiger partial charge is 0.250 e. The minimum Gasteiger partial charge on any atom is -0.357 e. The Kier molecular flexibility index (Phi) is 7.28. The van der Waals surface area contributed by atoms with E-state index in [1.807, 2.05) is 24.8 Å². The molecule has 2 atom stereocenters. The second kappa shape index (κ2) is 10.1. The van der Waals surface area contributed by atoms with Gasteiger partial charge >= 0.3 is 0 Å². The lowest BCUT2D eigenvalue weighted by molar-refractivity contribution is 0.189. The van der Waals surface area contributed by atoms with Crippen LogP contribution in [0, 0.1) is 5.92 Å². The lowest BCUT2D eigenvalue weighted by Crippen LogP contribution is -2.49. The van der Waals surface area contributed by atoms with Crippen molar-refractivity contribution in [1.82, 2.24) is 24.3 Å². The lowest BCUT2D eigenvalue weighted by Gasteiger charge is -2.39. The first kappa shape index (κ1) is 20.2. The second-order valence-corrected chi connectivity index (χ2v) is 7.46. The van der Waals surface area contributed by atoms with Crippen LogP contribution in [0.1, 0.15) is 39.2 Å². The Labute approximate surface area is 167 Å². The number of likely N-dealkylation sites (tertiary alicyclic amines) is 1. The Morgan fingerprint density at radius 2 is 2.21 bits per heavy atom. The van der Waals surface area contributed by atoms with Crippen LogP contribution in [0.5, 0.6) is 0 Å². The molecule has 3 heterocycles. The van der Waals surface area contributed by atoms with Gasteiger partial charge in [-0.3, -0.25) is 9.79 Å². The fourth-order valence-electron chi connectivity index (χ4n) is 3.75. The van der Waals surface area contributed by atoms with Gasteiger partial charge in [-0.15, -0.1) is 0 Å². The van der Waals surface area contributed by atoms with Crippen molar-refractivity contribution in [2.45, 2.75) is 45.7 Å². The molecule has 7 nitrogen and oxygen atoms in total. The molecule has 1 fully saturated rings. The van der Waals surface area contributed by atoms with E-state index in [0.29, 0.717) is 12.0 Å². The summed E-state index contributed by atoms with van der Waals surface area (Å²) in [6.07, 6.45) is 10.7. The number of aryl methyl sites for hydroxylation is 1. The Balaban J connectivity index is 1.54. The van der Waals surface area contributed by atoms with Crippen molar-refractivity contribution in [3.63, 3.8) is 0 Å². The van der Waals surface area contributed by atoms with E-state index in [2.05, 4.69) is 39.8 Å². The van der Waals surface area contributed by atoms with Gasteiger partial charge < -0.3 is 19.4 Å². The SMILES string of the molecule is CCNC(=NCCCCn1ccccc1=O)N1CCC(C)C(n2ccnc2)C1. The average Bonchev–Trinajstić information content (AvgIpc) is 3.23. The second-order valence-electron chi connectivity index (χ2n) is 7.46. The molecular weight excluding hydrogens is 352 g/mol. The van der Waals surface area contributed by atoms with Crippen molar-refractivity contribution < 1.29 is 0 Å². The highest BCUT2D eigenvalue weighted by Gasteiger charge is 2.28. The van der Waals surface area contributed by atoms with Gasteiger partial charge in [0.1, 0.15) is 0 Å². The number of unbranched alkanes of at least 4 members (excludes halogenated alkanes) is 1. The summed E-state index contributed by atoms with van der Waals surface area (Å²) in [6, 6.07) is 5.71. The van der Waals surface area contributed by atoms with Crippen molar-refractivity contribution in [1.29, 1.82) is 0 Å². The van der Waals surface area contributed by atoms with Crippen LogP contribution in [0.25, 0.3) is 0 Å². The summed E-state index contributed by atoms with van der Waals surface area (Å²) in [5.74, 6) is 1.62. The van der Waals surface area contributed by atoms with Crippen molar-refractivity contribution in [3.05, 3.63) is 53.5 Å². The molecule has 1 aliphatic rings. The summed E-state index contributed by atoms with van der Waals surface area (Å²) < 4.78 is 3.98. The maximum absolute atomic E-state index is 11.7. The van der Waals surface area contributed by atoms with Gasteiger partial charge in [0, 0.05) is 57.4 Å². The fraction of sp³-hybridized carbons (Fsp3) is 0.571. The molecule has 152 valence electrons. The van der Waals surface area contributed by atoms with Crippen LogP contribution in [0.2, 0.25) is 0 Å². The van der Waals surface area contributed by atoms with Crippen LogP contribution < -0.4 is 10.9 Å². The van der Waals surface area contributed by atoms with E-state index < -0.39 is 0 Å². The van der Waals surface area contributed by atoms with E-state index in [0.717, 1.165) is 57.9 Å². The van der Waals surface area contributed by atoms with Crippen molar-refractivity contribution in [2.75, 3.05) is 26.2 Å². The molecule has 0 aliphatic carbocycles. The molecular formula is C21H32N6O. The van der Waals surface area contributed by atoms with Crippen LogP contribution in [-0.2, 0) is 6.54 Å². The number of nitrogens with one attached hydrogen (secondary N) is 1. The van der Waals surface area contributed by atoms with Crippen LogP contribution in [0.4, 0.5) is 0 Å². The summed E-state index contributed by atoms with van der Waals surface area (Å²) in [5.41, 5.74) is 0.0623. The minimum absolute atomic E-state index is 0.0623. The van der Waals surface area contributed by atoms with Gasteiger partial charge in [-0.05, 0) is 38.2 Å². The summed E-state index contributed by atoms with van der Waals surface area (Å²) in [7, 11) is 0. The van der Waals surface area contributed by atoms with Crippen molar-refractivity contribution in [2.24, 2.45) is 10.9 Å². The first-order valence-corrected chi connectivity index (χ1v) is 10.3. The first-order valence-electron chi connectivity index (χ1n) is 10.3. The zero-order valence-corrected chi connectivity index (χ0v) is 17.0. The van der Waals surface area contributed by atoms with Gasteiger partial charge in [0.25, 0.3) is 0 Å². The minimum atomic E-state index is 0.0623. The number of guanidine groups is 1. The third-order valence-electron chi connectivity index (χ3n) is 5.43. The number of pyridine rings is 1. The predicted molar refractivity (Wildman–Crippen MR) is 113 cm³/mol. The maximum atomic E-state index is 11.7. The monoisotopic (exact) mass is 384 g/mol. The topological polar surface area (TPSA) is 67.5 Å². The van der Waals surface area contributed by atoms with E-state index in [1.54, 1.807) is 16.7 Å². The normalized spacial score (nSPS) is 20.4. The third-order valence-corrected chi connectivity index (χ3v) is 5.43. The largest absolute Gasteiger partial charge is 0.357 e. The number of rotatable bonds is 7. The van der Waals surface area contributed by atoms with Crippen molar-refractivity contribution in [3.8, 4) is 0 Å². The molecule has 1 N–H and O–H groups in total. The summed E-state index contributed by atoms with van der Waals surface area (Å²) >= 11 is 0. The fourth-order valence-corrected chi connectivity index (χ4v) is 3.75. The van der Waals surface area contributed by atoms with E-state index in [9.17, 15) is 4.79 Å². The molecule has 2 aromatic heterocycles. The zero-order valence-electron chi connectivity index (χ0n) is 17.0. The summed E-state index contributed by atoms with van der Waals surface area (Å²) in [6.45, 7) is 8.77. The average molecular weight is 385 g/mol. The van der Waals surface area contributed by atoms with Crippen LogP contribution in [0.3, 0.4) is 0 Å².